The SMILES string of the molecule is C1=CCN(CC2CCCCN2)C1. The molecular formula is C10H18N2. The lowest BCUT2D eigenvalue weighted by atomic mass is 10.0. The van der Waals surface area contributed by atoms with Crippen LogP contribution in [-0.2, 0) is 0 Å². The maximum atomic E-state index is 3.58. The summed E-state index contributed by atoms with van der Waals surface area (Å²) in [6.07, 6.45) is 8.69. The van der Waals surface area contributed by atoms with Crippen molar-refractivity contribution in [2.45, 2.75) is 25.3 Å². The third-order valence-corrected chi connectivity index (χ3v) is 2.78. The highest BCUT2D eigenvalue weighted by Gasteiger charge is 2.16. The molecule has 12 heavy (non-hydrogen) atoms. The third-order valence-electron chi connectivity index (χ3n) is 2.78. The first-order valence-electron chi connectivity index (χ1n) is 5.06. The van der Waals surface area contributed by atoms with Gasteiger partial charge < -0.3 is 5.32 Å². The first kappa shape index (κ1) is 8.27. The van der Waals surface area contributed by atoms with E-state index in [1.807, 2.05) is 0 Å². The van der Waals surface area contributed by atoms with Crippen LogP contribution in [0.4, 0.5) is 0 Å². The number of nitrogens with zero attached hydrogens (tertiary/aromatic N) is 1. The van der Waals surface area contributed by atoms with Gasteiger partial charge in [-0.25, -0.2) is 0 Å². The Bertz CT molecular complexity index is 151. The van der Waals surface area contributed by atoms with E-state index in [1.165, 1.54) is 32.4 Å². The Balaban J connectivity index is 1.70. The van der Waals surface area contributed by atoms with Gasteiger partial charge in [0.2, 0.25) is 0 Å². The van der Waals surface area contributed by atoms with Gasteiger partial charge in [-0.3, -0.25) is 4.90 Å². The summed E-state index contributed by atoms with van der Waals surface area (Å²) in [7, 11) is 0. The zero-order chi connectivity index (χ0) is 8.23. The van der Waals surface area contributed by atoms with Crippen molar-refractivity contribution in [2.75, 3.05) is 26.2 Å². The van der Waals surface area contributed by atoms with Crippen LogP contribution in [0.5, 0.6) is 0 Å². The van der Waals surface area contributed by atoms with Crippen LogP contribution in [0, 0.1) is 0 Å². The summed E-state index contributed by atoms with van der Waals surface area (Å²) in [5, 5.41) is 3.58. The molecular weight excluding hydrogens is 148 g/mol. The van der Waals surface area contributed by atoms with Crippen molar-refractivity contribution in [2.24, 2.45) is 0 Å². The van der Waals surface area contributed by atoms with Crippen LogP contribution < -0.4 is 5.32 Å². The van der Waals surface area contributed by atoms with Gasteiger partial charge in [0, 0.05) is 25.7 Å². The second-order valence-corrected chi connectivity index (χ2v) is 3.84. The standard InChI is InChI=1S/C10H18N2/c1-2-6-11-10(5-1)9-12-7-3-4-8-12/h3-4,10-11H,1-2,5-9H2. The molecule has 1 saturated heterocycles. The fourth-order valence-electron chi connectivity index (χ4n) is 2.06. The lowest BCUT2D eigenvalue weighted by Crippen LogP contribution is -2.42. The van der Waals surface area contributed by atoms with Gasteiger partial charge in [-0.15, -0.1) is 0 Å². The first-order valence-corrected chi connectivity index (χ1v) is 5.06. The molecule has 0 radical (unpaired) electrons. The smallest absolute Gasteiger partial charge is 0.0195 e. The average Bonchev–Trinajstić information content (AvgIpc) is 2.59. The number of nitrogens with one attached hydrogen (secondary N) is 1. The summed E-state index contributed by atoms with van der Waals surface area (Å²) in [6.45, 7) is 4.80. The largest absolute Gasteiger partial charge is 0.313 e. The molecule has 0 bridgehead atoms. The molecule has 2 aliphatic heterocycles. The molecule has 1 unspecified atom stereocenters. The van der Waals surface area contributed by atoms with Crippen LogP contribution in [0.15, 0.2) is 12.2 Å². The van der Waals surface area contributed by atoms with Crippen molar-refractivity contribution in [1.29, 1.82) is 0 Å². The third kappa shape index (κ3) is 2.08. The minimum atomic E-state index is 0.763. The van der Waals surface area contributed by atoms with Gasteiger partial charge in [-0.2, -0.15) is 0 Å². The molecule has 0 saturated carbocycles. The topological polar surface area (TPSA) is 15.3 Å². The Kier molecular flexibility index (Phi) is 2.79. The molecule has 2 rings (SSSR count). The predicted molar refractivity (Wildman–Crippen MR) is 51.2 cm³/mol. The zero-order valence-corrected chi connectivity index (χ0v) is 7.63. The molecule has 1 N–H and O–H groups in total. The highest BCUT2D eigenvalue weighted by Crippen LogP contribution is 2.09. The van der Waals surface area contributed by atoms with E-state index < -0.39 is 0 Å². The summed E-state index contributed by atoms with van der Waals surface area (Å²) < 4.78 is 0. The highest BCUT2D eigenvalue weighted by molar-refractivity contribution is 4.96. The van der Waals surface area contributed by atoms with E-state index in [2.05, 4.69) is 22.4 Å². The Morgan fingerprint density at radius 2 is 2.08 bits per heavy atom. The van der Waals surface area contributed by atoms with Crippen LogP contribution >= 0.6 is 0 Å². The summed E-state index contributed by atoms with van der Waals surface area (Å²) in [5.74, 6) is 0. The van der Waals surface area contributed by atoms with Crippen molar-refractivity contribution in [3.05, 3.63) is 12.2 Å². The average molecular weight is 166 g/mol. The maximum absolute atomic E-state index is 3.58. The normalized spacial score (nSPS) is 31.2. The molecule has 2 heteroatoms. The van der Waals surface area contributed by atoms with Crippen molar-refractivity contribution in [3.8, 4) is 0 Å². The van der Waals surface area contributed by atoms with Crippen LogP contribution in [-0.4, -0.2) is 37.1 Å². The van der Waals surface area contributed by atoms with Crippen molar-refractivity contribution < 1.29 is 0 Å². The Labute approximate surface area is 74.6 Å². The molecule has 1 atom stereocenters. The summed E-state index contributed by atoms with van der Waals surface area (Å²) in [5.41, 5.74) is 0. The van der Waals surface area contributed by atoms with Gasteiger partial charge in [0.25, 0.3) is 0 Å². The van der Waals surface area contributed by atoms with Gasteiger partial charge in [-0.05, 0) is 19.4 Å². The van der Waals surface area contributed by atoms with Crippen LogP contribution in [0.1, 0.15) is 19.3 Å². The molecule has 0 spiro atoms. The van der Waals surface area contributed by atoms with Crippen molar-refractivity contribution >= 4 is 0 Å². The number of hydrogen-bond donors (Lipinski definition) is 1. The van der Waals surface area contributed by atoms with E-state index >= 15 is 0 Å². The lowest BCUT2D eigenvalue weighted by molar-refractivity contribution is 0.271. The summed E-state index contributed by atoms with van der Waals surface area (Å²) in [4.78, 5) is 2.50. The molecule has 0 aromatic rings. The monoisotopic (exact) mass is 166 g/mol. The Hall–Kier alpha value is -0.340. The quantitative estimate of drug-likeness (QED) is 0.616. The first-order chi connectivity index (χ1) is 5.95. The second-order valence-electron chi connectivity index (χ2n) is 3.84. The van der Waals surface area contributed by atoms with E-state index in [-0.39, 0.29) is 0 Å². The van der Waals surface area contributed by atoms with Crippen LogP contribution in [0.25, 0.3) is 0 Å². The van der Waals surface area contributed by atoms with Gasteiger partial charge in [0.1, 0.15) is 0 Å². The van der Waals surface area contributed by atoms with Gasteiger partial charge in [0.15, 0.2) is 0 Å². The molecule has 2 nitrogen and oxygen atoms in total. The Morgan fingerprint density at radius 3 is 2.75 bits per heavy atom. The van der Waals surface area contributed by atoms with E-state index in [9.17, 15) is 0 Å². The number of hydrogen-bond acceptors (Lipinski definition) is 2. The van der Waals surface area contributed by atoms with Gasteiger partial charge in [0.05, 0.1) is 0 Å². The molecule has 2 aliphatic rings. The summed E-state index contributed by atoms with van der Waals surface area (Å²) >= 11 is 0. The fourth-order valence-corrected chi connectivity index (χ4v) is 2.06. The van der Waals surface area contributed by atoms with Crippen molar-refractivity contribution in [3.63, 3.8) is 0 Å². The van der Waals surface area contributed by atoms with Crippen LogP contribution in [0.2, 0.25) is 0 Å². The van der Waals surface area contributed by atoms with Crippen LogP contribution in [0.3, 0.4) is 0 Å². The number of piperidine rings is 1. The maximum Gasteiger partial charge on any atom is 0.0195 e. The van der Waals surface area contributed by atoms with E-state index in [4.69, 9.17) is 0 Å². The molecule has 0 amide bonds. The van der Waals surface area contributed by atoms with E-state index in [0.29, 0.717) is 0 Å². The molecule has 2 heterocycles. The van der Waals surface area contributed by atoms with Crippen molar-refractivity contribution in [1.82, 2.24) is 10.2 Å². The Morgan fingerprint density at radius 1 is 1.25 bits per heavy atom. The molecule has 68 valence electrons. The minimum absolute atomic E-state index is 0.763. The lowest BCUT2D eigenvalue weighted by Gasteiger charge is -2.27. The molecule has 0 aromatic heterocycles. The van der Waals surface area contributed by atoms with E-state index in [0.717, 1.165) is 19.1 Å². The molecule has 1 fully saturated rings. The second kappa shape index (κ2) is 4.06. The minimum Gasteiger partial charge on any atom is -0.313 e. The fraction of sp³-hybridized carbons (Fsp3) is 0.800. The zero-order valence-electron chi connectivity index (χ0n) is 7.63. The van der Waals surface area contributed by atoms with Gasteiger partial charge in [-0.1, -0.05) is 18.6 Å². The molecule has 0 aromatic carbocycles. The predicted octanol–water partition coefficient (Wildman–Crippen LogP) is 1.00. The number of rotatable bonds is 2. The molecule has 0 aliphatic carbocycles. The van der Waals surface area contributed by atoms with E-state index in [1.54, 1.807) is 0 Å². The highest BCUT2D eigenvalue weighted by atomic mass is 15.2. The van der Waals surface area contributed by atoms with Gasteiger partial charge >= 0.3 is 0 Å². The summed E-state index contributed by atoms with van der Waals surface area (Å²) in [6, 6.07) is 0.763.